The summed E-state index contributed by atoms with van der Waals surface area (Å²) in [6.45, 7) is 7.78. The van der Waals surface area contributed by atoms with Gasteiger partial charge in [0, 0.05) is 11.1 Å². The first kappa shape index (κ1) is 20.7. The van der Waals surface area contributed by atoms with Gasteiger partial charge in [-0.1, -0.05) is 84.4 Å². The summed E-state index contributed by atoms with van der Waals surface area (Å²) >= 11 is 0. The van der Waals surface area contributed by atoms with Gasteiger partial charge in [-0.05, 0) is 31.5 Å². The zero-order valence-electron chi connectivity index (χ0n) is 16.4. The van der Waals surface area contributed by atoms with E-state index in [2.05, 4.69) is 11.3 Å². The molecule has 0 aliphatic heterocycles. The molecular weight excluding hydrogens is 382 g/mol. The molecule has 0 aromatic heterocycles. The largest absolute Gasteiger partial charge is 0.289 e. The second kappa shape index (κ2) is 8.55. The van der Waals surface area contributed by atoms with Gasteiger partial charge in [-0.15, -0.1) is 0 Å². The second-order valence-corrected chi connectivity index (χ2v) is 8.71. The molecule has 0 spiro atoms. The molecule has 1 atom stereocenters. The van der Waals surface area contributed by atoms with E-state index < -0.39 is 16.1 Å². The third-order valence-electron chi connectivity index (χ3n) is 4.69. The van der Waals surface area contributed by atoms with Crippen molar-refractivity contribution in [2.45, 2.75) is 24.8 Å². The van der Waals surface area contributed by atoms with Crippen LogP contribution < -0.4 is 4.72 Å². The lowest BCUT2D eigenvalue weighted by atomic mass is 9.94. The minimum absolute atomic E-state index is 0.139. The Kier molecular flexibility index (Phi) is 6.11. The van der Waals surface area contributed by atoms with Gasteiger partial charge in [0.05, 0.1) is 10.9 Å². The van der Waals surface area contributed by atoms with Crippen LogP contribution >= 0.6 is 0 Å². The molecule has 5 heteroatoms. The number of hydrogen-bond acceptors (Lipinski definition) is 3. The number of Topliss-reactive ketones (excluding diaryl/α,β-unsaturated/α-hetero) is 1. The average Bonchev–Trinajstić information content (AvgIpc) is 2.73. The smallest absolute Gasteiger partial charge is 0.241 e. The van der Waals surface area contributed by atoms with E-state index in [4.69, 9.17) is 0 Å². The summed E-state index contributed by atoms with van der Waals surface area (Å²) in [7, 11) is -3.86. The first-order valence-corrected chi connectivity index (χ1v) is 10.7. The van der Waals surface area contributed by atoms with Crippen LogP contribution in [-0.2, 0) is 10.0 Å². The van der Waals surface area contributed by atoms with Gasteiger partial charge in [-0.3, -0.25) is 4.79 Å². The van der Waals surface area contributed by atoms with Crippen molar-refractivity contribution < 1.29 is 13.2 Å². The molecule has 1 N–H and O–H groups in total. The van der Waals surface area contributed by atoms with Crippen LogP contribution in [0.1, 0.15) is 33.1 Å². The van der Waals surface area contributed by atoms with Crippen molar-refractivity contribution in [1.82, 2.24) is 4.72 Å². The molecule has 4 nitrogen and oxygen atoms in total. The normalized spacial score (nSPS) is 12.3. The highest BCUT2D eigenvalue weighted by atomic mass is 32.2. The number of carbonyl (C=O) groups is 1. The molecule has 3 aromatic rings. The summed E-state index contributed by atoms with van der Waals surface area (Å²) in [5.74, 6) is -0.303. The Morgan fingerprint density at radius 1 is 0.828 bits per heavy atom. The lowest BCUT2D eigenvalue weighted by molar-refractivity contribution is 0.102. The standard InChI is InChI=1S/C24H23NO3S/c1-17-9-13-20(14-10-17)23(19(3)24(26)21-7-5-4-6-8-21)25-29(27,28)22-15-11-18(2)12-16-22/h4-16,23,25H,3H2,1-2H3. The molecule has 1 unspecified atom stereocenters. The number of rotatable bonds is 7. The summed E-state index contributed by atoms with van der Waals surface area (Å²) < 4.78 is 28.7. The Labute approximate surface area is 172 Å². The van der Waals surface area contributed by atoms with E-state index in [-0.39, 0.29) is 16.3 Å². The third-order valence-corrected chi connectivity index (χ3v) is 6.13. The lowest BCUT2D eigenvalue weighted by Gasteiger charge is -2.21. The molecule has 3 rings (SSSR count). The lowest BCUT2D eigenvalue weighted by Crippen LogP contribution is -2.31. The maximum Gasteiger partial charge on any atom is 0.241 e. The van der Waals surface area contributed by atoms with Gasteiger partial charge >= 0.3 is 0 Å². The summed E-state index contributed by atoms with van der Waals surface area (Å²) in [6, 6.07) is 21.8. The molecule has 3 aromatic carbocycles. The third kappa shape index (κ3) is 4.88. The highest BCUT2D eigenvalue weighted by Gasteiger charge is 2.27. The minimum Gasteiger partial charge on any atom is -0.289 e. The molecule has 0 radical (unpaired) electrons. The first-order chi connectivity index (χ1) is 13.8. The van der Waals surface area contributed by atoms with Crippen molar-refractivity contribution in [3.8, 4) is 0 Å². The van der Waals surface area contributed by atoms with Crippen LogP contribution in [0.2, 0.25) is 0 Å². The molecule has 0 saturated heterocycles. The van der Waals surface area contributed by atoms with Crippen molar-refractivity contribution in [1.29, 1.82) is 0 Å². The van der Waals surface area contributed by atoms with E-state index >= 15 is 0 Å². The Morgan fingerprint density at radius 3 is 1.90 bits per heavy atom. The van der Waals surface area contributed by atoms with Crippen LogP contribution in [0.4, 0.5) is 0 Å². The van der Waals surface area contributed by atoms with Crippen LogP contribution in [0.5, 0.6) is 0 Å². The van der Waals surface area contributed by atoms with E-state index in [0.717, 1.165) is 11.1 Å². The highest BCUT2D eigenvalue weighted by Crippen LogP contribution is 2.26. The average molecular weight is 406 g/mol. The predicted molar refractivity (Wildman–Crippen MR) is 115 cm³/mol. The van der Waals surface area contributed by atoms with E-state index in [1.807, 2.05) is 32.0 Å². The van der Waals surface area contributed by atoms with Crippen molar-refractivity contribution in [2.24, 2.45) is 0 Å². The number of aryl methyl sites for hydroxylation is 2. The monoisotopic (exact) mass is 405 g/mol. The number of hydrogen-bond donors (Lipinski definition) is 1. The van der Waals surface area contributed by atoms with Gasteiger partial charge < -0.3 is 0 Å². The fourth-order valence-electron chi connectivity index (χ4n) is 2.95. The van der Waals surface area contributed by atoms with Crippen LogP contribution in [0.3, 0.4) is 0 Å². The van der Waals surface area contributed by atoms with E-state index in [1.54, 1.807) is 60.7 Å². The Morgan fingerprint density at radius 2 is 1.34 bits per heavy atom. The Hall–Kier alpha value is -3.02. The van der Waals surface area contributed by atoms with E-state index in [9.17, 15) is 13.2 Å². The molecule has 0 saturated carbocycles. The van der Waals surface area contributed by atoms with Gasteiger partial charge in [-0.25, -0.2) is 8.42 Å². The molecule has 0 amide bonds. The number of nitrogens with one attached hydrogen (secondary N) is 1. The van der Waals surface area contributed by atoms with E-state index in [1.165, 1.54) is 0 Å². The quantitative estimate of drug-likeness (QED) is 0.455. The van der Waals surface area contributed by atoms with E-state index in [0.29, 0.717) is 11.1 Å². The molecule has 0 heterocycles. The predicted octanol–water partition coefficient (Wildman–Crippen LogP) is 4.76. The van der Waals surface area contributed by atoms with Gasteiger partial charge in [0.15, 0.2) is 5.78 Å². The summed E-state index contributed by atoms with van der Waals surface area (Å²) in [5, 5.41) is 0. The molecule has 148 valence electrons. The zero-order chi connectivity index (χ0) is 21.0. The molecule has 0 aliphatic rings. The van der Waals surface area contributed by atoms with Gasteiger partial charge in [0.2, 0.25) is 10.0 Å². The Balaban J connectivity index is 1.99. The summed E-state index contributed by atoms with van der Waals surface area (Å²) in [6.07, 6.45) is 0. The van der Waals surface area contributed by atoms with Crippen LogP contribution in [0, 0.1) is 13.8 Å². The van der Waals surface area contributed by atoms with Crippen molar-refractivity contribution >= 4 is 15.8 Å². The maximum absolute atomic E-state index is 13.0. The number of carbonyl (C=O) groups excluding carboxylic acids is 1. The van der Waals surface area contributed by atoms with Gasteiger partial charge in [-0.2, -0.15) is 4.72 Å². The number of ketones is 1. The topological polar surface area (TPSA) is 63.2 Å². The number of benzene rings is 3. The van der Waals surface area contributed by atoms with Gasteiger partial charge in [0.25, 0.3) is 0 Å². The van der Waals surface area contributed by atoms with Crippen molar-refractivity contribution in [3.05, 3.63) is 113 Å². The number of sulfonamides is 1. The van der Waals surface area contributed by atoms with Crippen molar-refractivity contribution in [3.63, 3.8) is 0 Å². The second-order valence-electron chi connectivity index (χ2n) is 7.00. The SMILES string of the molecule is C=C(C(=O)c1ccccc1)C(NS(=O)(=O)c1ccc(C)cc1)c1ccc(C)cc1. The Bertz CT molecular complexity index is 1120. The fourth-order valence-corrected chi connectivity index (χ4v) is 4.17. The first-order valence-electron chi connectivity index (χ1n) is 9.22. The molecule has 29 heavy (non-hydrogen) atoms. The highest BCUT2D eigenvalue weighted by molar-refractivity contribution is 7.89. The van der Waals surface area contributed by atoms with Gasteiger partial charge in [0.1, 0.15) is 0 Å². The zero-order valence-corrected chi connectivity index (χ0v) is 17.2. The van der Waals surface area contributed by atoms with Crippen LogP contribution in [0.15, 0.2) is 95.9 Å². The van der Waals surface area contributed by atoms with Crippen molar-refractivity contribution in [2.75, 3.05) is 0 Å². The fraction of sp³-hybridized carbons (Fsp3) is 0.125. The molecule has 0 bridgehead atoms. The molecule has 0 aliphatic carbocycles. The minimum atomic E-state index is -3.86. The van der Waals surface area contributed by atoms with Crippen LogP contribution in [0.25, 0.3) is 0 Å². The molecular formula is C24H23NO3S. The molecule has 0 fully saturated rings. The summed E-state index contributed by atoms with van der Waals surface area (Å²) in [4.78, 5) is 13.1. The summed E-state index contributed by atoms with van der Waals surface area (Å²) in [5.41, 5.74) is 3.28. The maximum atomic E-state index is 13.0. The van der Waals surface area contributed by atoms with Crippen LogP contribution in [-0.4, -0.2) is 14.2 Å².